The summed E-state index contributed by atoms with van der Waals surface area (Å²) in [5.74, 6) is -0.146. The van der Waals surface area contributed by atoms with Gasteiger partial charge in [-0.05, 0) is 43.2 Å². The van der Waals surface area contributed by atoms with Gasteiger partial charge in [-0.15, -0.1) is 0 Å². The maximum Gasteiger partial charge on any atom is 0.256 e. The fourth-order valence-corrected chi connectivity index (χ4v) is 3.20. The third-order valence-electron chi connectivity index (χ3n) is 4.83. The van der Waals surface area contributed by atoms with E-state index in [1.165, 1.54) is 5.56 Å². The van der Waals surface area contributed by atoms with Crippen LogP contribution in [0.2, 0.25) is 0 Å². The van der Waals surface area contributed by atoms with Crippen LogP contribution in [0.4, 0.5) is 5.69 Å². The molecule has 5 nitrogen and oxygen atoms in total. The summed E-state index contributed by atoms with van der Waals surface area (Å²) >= 11 is 0. The van der Waals surface area contributed by atoms with Crippen molar-refractivity contribution >= 4 is 22.5 Å². The van der Waals surface area contributed by atoms with Crippen molar-refractivity contribution in [2.24, 2.45) is 0 Å². The van der Waals surface area contributed by atoms with Crippen LogP contribution >= 0.6 is 0 Å². The Labute approximate surface area is 164 Å². The number of para-hydroxylation sites is 1. The highest BCUT2D eigenvalue weighted by Gasteiger charge is 2.15. The zero-order chi connectivity index (χ0) is 19.5. The van der Waals surface area contributed by atoms with Gasteiger partial charge in [-0.1, -0.05) is 37.3 Å². The molecule has 140 valence electrons. The van der Waals surface area contributed by atoms with E-state index in [4.69, 9.17) is 4.98 Å². The number of fused-ring (bicyclic) bond motifs is 1. The minimum atomic E-state index is -0.146. The van der Waals surface area contributed by atoms with E-state index in [-0.39, 0.29) is 5.91 Å². The summed E-state index contributed by atoms with van der Waals surface area (Å²) in [7, 11) is 0. The molecule has 0 saturated heterocycles. The van der Waals surface area contributed by atoms with Crippen LogP contribution in [0.15, 0.2) is 67.0 Å². The number of carbonyl (C=O) groups excluding carboxylic acids is 1. The van der Waals surface area contributed by atoms with E-state index in [1.807, 2.05) is 72.4 Å². The number of hydrogen-bond acceptors (Lipinski definition) is 3. The van der Waals surface area contributed by atoms with Crippen molar-refractivity contribution in [1.82, 2.24) is 14.8 Å². The maximum atomic E-state index is 13.1. The minimum Gasteiger partial charge on any atom is -0.322 e. The Kier molecular flexibility index (Phi) is 4.89. The van der Waals surface area contributed by atoms with Crippen molar-refractivity contribution in [3.63, 3.8) is 0 Å². The largest absolute Gasteiger partial charge is 0.322 e. The third kappa shape index (κ3) is 3.51. The number of aryl methyl sites for hydroxylation is 2. The maximum absolute atomic E-state index is 13.1. The van der Waals surface area contributed by atoms with Gasteiger partial charge in [0.15, 0.2) is 0 Å². The van der Waals surface area contributed by atoms with Crippen LogP contribution in [0.25, 0.3) is 22.2 Å². The molecule has 0 aliphatic rings. The predicted octanol–water partition coefficient (Wildman–Crippen LogP) is 4.93. The van der Waals surface area contributed by atoms with Gasteiger partial charge in [0.2, 0.25) is 0 Å². The molecule has 0 unspecified atom stereocenters. The number of anilines is 1. The van der Waals surface area contributed by atoms with Crippen LogP contribution in [-0.2, 0) is 13.0 Å². The monoisotopic (exact) mass is 370 g/mol. The van der Waals surface area contributed by atoms with Crippen LogP contribution in [0, 0.1) is 0 Å². The van der Waals surface area contributed by atoms with Crippen LogP contribution in [0.3, 0.4) is 0 Å². The van der Waals surface area contributed by atoms with Crippen molar-refractivity contribution in [2.75, 3.05) is 5.32 Å². The van der Waals surface area contributed by atoms with Crippen LogP contribution in [-0.4, -0.2) is 20.7 Å². The summed E-state index contributed by atoms with van der Waals surface area (Å²) in [5, 5.41) is 8.17. The number of benzene rings is 2. The number of pyridine rings is 1. The molecular weight excluding hydrogens is 348 g/mol. The van der Waals surface area contributed by atoms with Gasteiger partial charge in [0.1, 0.15) is 0 Å². The van der Waals surface area contributed by atoms with Crippen molar-refractivity contribution in [1.29, 1.82) is 0 Å². The Morgan fingerprint density at radius 3 is 2.57 bits per heavy atom. The van der Waals surface area contributed by atoms with E-state index in [1.54, 1.807) is 6.20 Å². The van der Waals surface area contributed by atoms with Crippen LogP contribution in [0.5, 0.6) is 0 Å². The van der Waals surface area contributed by atoms with E-state index < -0.39 is 0 Å². The van der Waals surface area contributed by atoms with Crippen LogP contribution < -0.4 is 5.32 Å². The molecule has 0 aliphatic carbocycles. The zero-order valence-electron chi connectivity index (χ0n) is 16.0. The molecule has 28 heavy (non-hydrogen) atoms. The Balaban J connectivity index is 1.74. The Morgan fingerprint density at radius 1 is 1.07 bits per heavy atom. The lowest BCUT2D eigenvalue weighted by Crippen LogP contribution is -2.13. The lowest BCUT2D eigenvalue weighted by molar-refractivity contribution is 0.102. The first-order chi connectivity index (χ1) is 13.7. The fourth-order valence-electron chi connectivity index (χ4n) is 3.20. The standard InChI is InChI=1S/C23H22N4O/c1-3-16-9-11-18(12-10-16)25-23(28)20-13-22(17-14-24-27(4-2)15-17)26-21-8-6-5-7-19(20)21/h5-15H,3-4H2,1-2H3,(H,25,28). The van der Waals surface area contributed by atoms with Gasteiger partial charge in [-0.2, -0.15) is 5.10 Å². The summed E-state index contributed by atoms with van der Waals surface area (Å²) < 4.78 is 1.85. The minimum absolute atomic E-state index is 0.146. The molecule has 1 N–H and O–H groups in total. The van der Waals surface area contributed by atoms with E-state index in [0.717, 1.165) is 40.8 Å². The highest BCUT2D eigenvalue weighted by atomic mass is 16.1. The Bertz CT molecular complexity index is 1130. The first-order valence-electron chi connectivity index (χ1n) is 9.51. The summed E-state index contributed by atoms with van der Waals surface area (Å²) in [4.78, 5) is 17.8. The SMILES string of the molecule is CCc1ccc(NC(=O)c2cc(-c3cnn(CC)c3)nc3ccccc23)cc1. The van der Waals surface area contributed by atoms with Crippen molar-refractivity contribution in [3.05, 3.63) is 78.1 Å². The summed E-state index contributed by atoms with van der Waals surface area (Å²) in [5.41, 5.74) is 5.05. The molecule has 5 heteroatoms. The molecule has 0 fully saturated rings. The highest BCUT2D eigenvalue weighted by Crippen LogP contribution is 2.25. The molecule has 2 aromatic heterocycles. The molecule has 0 spiro atoms. The van der Waals surface area contributed by atoms with Gasteiger partial charge in [-0.25, -0.2) is 4.98 Å². The molecule has 4 aromatic rings. The number of carbonyl (C=O) groups is 1. The van der Waals surface area contributed by atoms with Crippen molar-refractivity contribution < 1.29 is 4.79 Å². The first-order valence-corrected chi connectivity index (χ1v) is 9.51. The fraction of sp³-hybridized carbons (Fsp3) is 0.174. The molecule has 0 bridgehead atoms. The molecule has 4 rings (SSSR count). The summed E-state index contributed by atoms with van der Waals surface area (Å²) in [6.07, 6.45) is 4.70. The van der Waals surface area contributed by atoms with Gasteiger partial charge < -0.3 is 5.32 Å². The van der Waals surface area contributed by atoms with E-state index in [9.17, 15) is 4.79 Å². The molecule has 0 radical (unpaired) electrons. The quantitative estimate of drug-likeness (QED) is 0.542. The molecule has 0 atom stereocenters. The predicted molar refractivity (Wildman–Crippen MR) is 112 cm³/mol. The second-order valence-corrected chi connectivity index (χ2v) is 6.66. The smallest absolute Gasteiger partial charge is 0.256 e. The number of amides is 1. The number of nitrogens with one attached hydrogen (secondary N) is 1. The molecule has 1 amide bonds. The number of nitrogens with zero attached hydrogens (tertiary/aromatic N) is 3. The molecule has 0 saturated carbocycles. The highest BCUT2D eigenvalue weighted by molar-refractivity contribution is 6.13. The average molecular weight is 370 g/mol. The average Bonchev–Trinajstić information content (AvgIpc) is 3.23. The summed E-state index contributed by atoms with van der Waals surface area (Å²) in [6, 6.07) is 17.5. The van der Waals surface area contributed by atoms with E-state index >= 15 is 0 Å². The topological polar surface area (TPSA) is 59.8 Å². The molecule has 2 aromatic carbocycles. The van der Waals surface area contributed by atoms with E-state index in [2.05, 4.69) is 17.3 Å². The Morgan fingerprint density at radius 2 is 1.86 bits per heavy atom. The van der Waals surface area contributed by atoms with Gasteiger partial charge in [-0.3, -0.25) is 9.48 Å². The lowest BCUT2D eigenvalue weighted by Gasteiger charge is -2.10. The van der Waals surface area contributed by atoms with Crippen molar-refractivity contribution in [2.45, 2.75) is 26.8 Å². The number of rotatable bonds is 5. The molecule has 0 aliphatic heterocycles. The van der Waals surface area contributed by atoms with Crippen LogP contribution in [0.1, 0.15) is 29.8 Å². The molecular formula is C23H22N4O. The van der Waals surface area contributed by atoms with E-state index in [0.29, 0.717) is 5.56 Å². The number of hydrogen-bond donors (Lipinski definition) is 1. The van der Waals surface area contributed by atoms with Gasteiger partial charge in [0, 0.05) is 29.4 Å². The second kappa shape index (κ2) is 7.64. The Hall–Kier alpha value is -3.47. The zero-order valence-corrected chi connectivity index (χ0v) is 16.0. The van der Waals surface area contributed by atoms with Crippen molar-refractivity contribution in [3.8, 4) is 11.3 Å². The second-order valence-electron chi connectivity index (χ2n) is 6.66. The summed E-state index contributed by atoms with van der Waals surface area (Å²) in [6.45, 7) is 4.93. The van der Waals surface area contributed by atoms with Gasteiger partial charge in [0.05, 0.1) is 23.0 Å². The number of aromatic nitrogens is 3. The normalized spacial score (nSPS) is 10.9. The van der Waals surface area contributed by atoms with Gasteiger partial charge >= 0.3 is 0 Å². The first kappa shape index (κ1) is 17.9. The van der Waals surface area contributed by atoms with Gasteiger partial charge in [0.25, 0.3) is 5.91 Å². The lowest BCUT2D eigenvalue weighted by atomic mass is 10.0. The third-order valence-corrected chi connectivity index (χ3v) is 4.83. The molecule has 2 heterocycles.